The second kappa shape index (κ2) is 18.4. The first-order valence-corrected chi connectivity index (χ1v) is 20.8. The topological polar surface area (TPSA) is 93.6 Å². The molecule has 0 aromatic rings. The Bertz CT molecular complexity index is 1020. The van der Waals surface area contributed by atoms with E-state index in [0.29, 0.717) is 12.0 Å². The summed E-state index contributed by atoms with van der Waals surface area (Å²) in [5.41, 5.74) is 14.7. The first-order valence-electron chi connectivity index (χ1n) is 20.8. The van der Waals surface area contributed by atoms with Gasteiger partial charge in [0.2, 0.25) is 0 Å². The summed E-state index contributed by atoms with van der Waals surface area (Å²) in [5, 5.41) is 3.52. The predicted octanol–water partition coefficient (Wildman–Crippen LogP) is 9.46. The van der Waals surface area contributed by atoms with Crippen LogP contribution in [0.15, 0.2) is 11.6 Å². The quantitative estimate of drug-likeness (QED) is 0.0940. The Morgan fingerprint density at radius 2 is 1.65 bits per heavy atom. The van der Waals surface area contributed by atoms with Crippen LogP contribution in [-0.4, -0.2) is 55.4 Å². The molecule has 0 aromatic heterocycles. The van der Waals surface area contributed by atoms with Crippen LogP contribution >= 0.6 is 0 Å². The van der Waals surface area contributed by atoms with Crippen molar-refractivity contribution in [2.24, 2.45) is 57.8 Å². The van der Waals surface area contributed by atoms with E-state index in [2.05, 4.69) is 59.9 Å². The van der Waals surface area contributed by atoms with Gasteiger partial charge in [0.15, 0.2) is 0 Å². The van der Waals surface area contributed by atoms with E-state index in [9.17, 15) is 4.79 Å². The molecular weight excluding hydrogens is 592 g/mol. The van der Waals surface area contributed by atoms with Crippen LogP contribution in [0, 0.1) is 46.3 Å². The third-order valence-electron chi connectivity index (χ3n) is 14.3. The molecule has 3 saturated carbocycles. The molecule has 4 aliphatic rings. The maximum Gasteiger partial charge on any atom is 0.410 e. The zero-order valence-corrected chi connectivity index (χ0v) is 32.5. The summed E-state index contributed by atoms with van der Waals surface area (Å²) in [6.45, 7) is 20.2. The molecule has 6 heteroatoms. The first kappa shape index (κ1) is 39.7. The standard InChI is InChI=1S/C42H78N4O2/c1-8-33(43)21-26-45-25-10-11-27-46(28-22-34(44)9-2)40(47)48-35-19-23-41(6)32(29-35)15-16-36-38-18-17-37(31(5)14-12-13-30(3)4)42(38,7)24-20-39(36)41/h15,30-31,33-39,45H,8-14,16-29,43-44H2,1-7H3/t31-,33?,34?,35+,36+,37-,38+,39+,41+,42-/m1/s1. The average molecular weight is 671 g/mol. The van der Waals surface area contributed by atoms with Crippen LogP contribution in [0.5, 0.6) is 0 Å². The van der Waals surface area contributed by atoms with Crippen LogP contribution in [0.2, 0.25) is 0 Å². The third kappa shape index (κ3) is 9.81. The number of nitrogens with zero attached hydrogens (tertiary/aromatic N) is 1. The largest absolute Gasteiger partial charge is 0.446 e. The lowest BCUT2D eigenvalue weighted by atomic mass is 9.47. The van der Waals surface area contributed by atoms with Gasteiger partial charge in [-0.25, -0.2) is 4.79 Å². The smallest absolute Gasteiger partial charge is 0.410 e. The summed E-state index contributed by atoms with van der Waals surface area (Å²) in [6, 6.07) is 0.409. The second-order valence-electron chi connectivity index (χ2n) is 17.9. The highest BCUT2D eigenvalue weighted by Gasteiger charge is 2.59. The fourth-order valence-corrected chi connectivity index (χ4v) is 11.0. The van der Waals surface area contributed by atoms with E-state index in [1.807, 2.05) is 4.90 Å². The normalized spacial score (nSPS) is 33.3. The number of nitrogens with one attached hydrogen (secondary N) is 1. The molecule has 5 N–H and O–H groups in total. The Morgan fingerprint density at radius 3 is 2.38 bits per heavy atom. The summed E-state index contributed by atoms with van der Waals surface area (Å²) in [6.07, 6.45) is 22.5. The molecule has 10 atom stereocenters. The molecule has 4 aliphatic carbocycles. The van der Waals surface area contributed by atoms with E-state index in [4.69, 9.17) is 16.2 Å². The van der Waals surface area contributed by atoms with Gasteiger partial charge in [0.05, 0.1) is 0 Å². The van der Waals surface area contributed by atoms with Crippen LogP contribution in [0.4, 0.5) is 4.79 Å². The summed E-state index contributed by atoms with van der Waals surface area (Å²) >= 11 is 0. The Labute approximate surface area is 296 Å². The molecule has 2 unspecified atom stereocenters. The predicted molar refractivity (Wildman–Crippen MR) is 203 cm³/mol. The van der Waals surface area contributed by atoms with Gasteiger partial charge >= 0.3 is 6.09 Å². The molecule has 0 bridgehead atoms. The van der Waals surface area contributed by atoms with E-state index in [1.165, 1.54) is 51.4 Å². The number of fused-ring (bicyclic) bond motifs is 5. The highest BCUT2D eigenvalue weighted by atomic mass is 16.6. The maximum atomic E-state index is 13.6. The molecule has 0 spiro atoms. The summed E-state index contributed by atoms with van der Waals surface area (Å²) in [4.78, 5) is 15.6. The van der Waals surface area contributed by atoms with Gasteiger partial charge in [-0.2, -0.15) is 0 Å². The van der Waals surface area contributed by atoms with E-state index < -0.39 is 0 Å². The number of unbranched alkanes of at least 4 members (excludes halogenated alkanes) is 1. The Kier molecular flexibility index (Phi) is 15.2. The molecule has 0 aromatic carbocycles. The van der Waals surface area contributed by atoms with Crippen molar-refractivity contribution in [3.05, 3.63) is 11.6 Å². The molecule has 6 nitrogen and oxygen atoms in total. The number of carbonyl (C=O) groups excluding carboxylic acids is 1. The van der Waals surface area contributed by atoms with Crippen LogP contribution in [0.3, 0.4) is 0 Å². The van der Waals surface area contributed by atoms with Crippen LogP contribution in [0.1, 0.15) is 158 Å². The number of ether oxygens (including phenoxy) is 1. The molecule has 0 aliphatic heterocycles. The highest BCUT2D eigenvalue weighted by Crippen LogP contribution is 2.67. The Morgan fingerprint density at radius 1 is 0.896 bits per heavy atom. The van der Waals surface area contributed by atoms with Gasteiger partial charge in [0.25, 0.3) is 0 Å². The van der Waals surface area contributed by atoms with Crippen molar-refractivity contribution >= 4 is 6.09 Å². The fourth-order valence-electron chi connectivity index (χ4n) is 11.0. The number of allylic oxidation sites excluding steroid dienone is 1. The minimum atomic E-state index is -0.129. The zero-order chi connectivity index (χ0) is 34.9. The monoisotopic (exact) mass is 671 g/mol. The van der Waals surface area contributed by atoms with Gasteiger partial charge in [-0.1, -0.05) is 79.4 Å². The molecule has 3 fully saturated rings. The Balaban J connectivity index is 1.31. The fraction of sp³-hybridized carbons (Fsp3) is 0.929. The van der Waals surface area contributed by atoms with Crippen molar-refractivity contribution in [3.63, 3.8) is 0 Å². The van der Waals surface area contributed by atoms with Gasteiger partial charge in [0.1, 0.15) is 6.10 Å². The van der Waals surface area contributed by atoms with Gasteiger partial charge < -0.3 is 26.4 Å². The van der Waals surface area contributed by atoms with E-state index in [1.54, 1.807) is 5.57 Å². The van der Waals surface area contributed by atoms with Crippen molar-refractivity contribution in [2.75, 3.05) is 26.2 Å². The molecule has 0 heterocycles. The average Bonchev–Trinajstić information content (AvgIpc) is 3.42. The van der Waals surface area contributed by atoms with Crippen molar-refractivity contribution in [3.8, 4) is 0 Å². The van der Waals surface area contributed by atoms with Crippen molar-refractivity contribution < 1.29 is 9.53 Å². The van der Waals surface area contributed by atoms with Crippen LogP contribution in [-0.2, 0) is 4.74 Å². The summed E-state index contributed by atoms with van der Waals surface area (Å²) in [5.74, 6) is 5.09. The van der Waals surface area contributed by atoms with Gasteiger partial charge in [0, 0.05) is 31.6 Å². The van der Waals surface area contributed by atoms with E-state index >= 15 is 0 Å². The minimum Gasteiger partial charge on any atom is -0.446 e. The number of hydrogen-bond acceptors (Lipinski definition) is 5. The maximum absolute atomic E-state index is 13.6. The molecule has 278 valence electrons. The molecule has 4 rings (SSSR count). The van der Waals surface area contributed by atoms with Gasteiger partial charge in [-0.3, -0.25) is 0 Å². The van der Waals surface area contributed by atoms with Crippen molar-refractivity contribution in [1.82, 2.24) is 10.2 Å². The van der Waals surface area contributed by atoms with Gasteiger partial charge in [-0.15, -0.1) is 0 Å². The van der Waals surface area contributed by atoms with E-state index in [-0.39, 0.29) is 29.7 Å². The minimum absolute atomic E-state index is 0.00318. The lowest BCUT2D eigenvalue weighted by Crippen LogP contribution is -2.51. The first-order chi connectivity index (χ1) is 22.9. The number of nitrogens with two attached hydrogens (primary N) is 2. The van der Waals surface area contributed by atoms with Crippen molar-refractivity contribution in [2.45, 2.75) is 176 Å². The Hall–Kier alpha value is -1.11. The van der Waals surface area contributed by atoms with Crippen LogP contribution < -0.4 is 16.8 Å². The number of amides is 1. The molecule has 0 saturated heterocycles. The highest BCUT2D eigenvalue weighted by molar-refractivity contribution is 5.67. The molecule has 1 amide bonds. The molecular formula is C42H78N4O2. The number of hydrogen-bond donors (Lipinski definition) is 3. The summed E-state index contributed by atoms with van der Waals surface area (Å²) in [7, 11) is 0. The lowest BCUT2D eigenvalue weighted by Gasteiger charge is -2.58. The number of carbonyl (C=O) groups is 1. The number of rotatable bonds is 19. The van der Waals surface area contributed by atoms with Crippen molar-refractivity contribution in [1.29, 1.82) is 0 Å². The van der Waals surface area contributed by atoms with Gasteiger partial charge in [-0.05, 0) is 143 Å². The lowest BCUT2D eigenvalue weighted by molar-refractivity contribution is -0.0593. The molecule has 48 heavy (non-hydrogen) atoms. The summed E-state index contributed by atoms with van der Waals surface area (Å²) < 4.78 is 6.33. The van der Waals surface area contributed by atoms with Crippen LogP contribution in [0.25, 0.3) is 0 Å². The SMILES string of the molecule is CCC(N)CCNCCCCN(CCC(N)CC)C(=O)O[C@H]1CC[C@@]2(C)C(=CC[C@H]3[C@@H]4CC[C@H]([C@H](C)CCCC(C)C)[C@@]4(C)CC[C@@H]32)C1. The third-order valence-corrected chi connectivity index (χ3v) is 14.3. The molecule has 0 radical (unpaired) electrons. The zero-order valence-electron chi connectivity index (χ0n) is 32.5. The second-order valence-corrected chi connectivity index (χ2v) is 17.9. The van der Waals surface area contributed by atoms with E-state index in [0.717, 1.165) is 113 Å².